The molecular formula is C25H28ClN3O5S2. The van der Waals surface area contributed by atoms with Crippen molar-refractivity contribution < 1.29 is 18.1 Å². The number of hydrogen-bond donors (Lipinski definition) is 0. The van der Waals surface area contributed by atoms with Gasteiger partial charge in [-0.2, -0.15) is 4.31 Å². The molecule has 1 amide bonds. The largest absolute Gasteiger partial charge is 0.332 e. The number of sulfonamides is 1. The van der Waals surface area contributed by atoms with Gasteiger partial charge in [-0.1, -0.05) is 55.8 Å². The summed E-state index contributed by atoms with van der Waals surface area (Å²) in [6.07, 6.45) is 0. The van der Waals surface area contributed by atoms with Gasteiger partial charge in [0, 0.05) is 28.9 Å². The number of aryl methyl sites for hydroxylation is 1. The Balaban J connectivity index is 1.93. The van der Waals surface area contributed by atoms with E-state index >= 15 is 0 Å². The molecule has 1 aromatic heterocycles. The first-order valence-corrected chi connectivity index (χ1v) is 13.9. The molecule has 0 N–H and O–H groups in total. The van der Waals surface area contributed by atoms with E-state index in [4.69, 9.17) is 11.6 Å². The summed E-state index contributed by atoms with van der Waals surface area (Å²) in [7, 11) is -4.21. The van der Waals surface area contributed by atoms with Crippen LogP contribution in [0, 0.1) is 23.0 Å². The maximum atomic E-state index is 13.6. The second-order valence-corrected chi connectivity index (χ2v) is 12.5. The molecule has 3 rings (SSSR count). The van der Waals surface area contributed by atoms with E-state index in [1.165, 1.54) is 12.1 Å². The molecule has 0 fully saturated rings. The molecule has 3 aromatic rings. The first-order valence-electron chi connectivity index (χ1n) is 11.3. The van der Waals surface area contributed by atoms with Crippen LogP contribution in [0.4, 0.5) is 5.69 Å². The molecule has 0 saturated heterocycles. The van der Waals surface area contributed by atoms with Crippen LogP contribution in [0.5, 0.6) is 0 Å². The Labute approximate surface area is 220 Å². The molecule has 192 valence electrons. The van der Waals surface area contributed by atoms with Crippen LogP contribution in [0.3, 0.4) is 0 Å². The number of halogens is 1. The molecule has 0 atom stereocenters. The van der Waals surface area contributed by atoms with Crippen molar-refractivity contribution in [3.8, 4) is 0 Å². The highest BCUT2D eigenvalue weighted by Gasteiger charge is 2.31. The van der Waals surface area contributed by atoms with Crippen LogP contribution in [0.2, 0.25) is 5.02 Å². The fourth-order valence-electron chi connectivity index (χ4n) is 3.64. The lowest BCUT2D eigenvalue weighted by molar-refractivity contribution is -0.384. The third kappa shape index (κ3) is 7.13. The molecule has 8 nitrogen and oxygen atoms in total. The monoisotopic (exact) mass is 549 g/mol. The zero-order valence-corrected chi connectivity index (χ0v) is 22.6. The lowest BCUT2D eigenvalue weighted by Crippen LogP contribution is -2.43. The number of carbonyl (C=O) groups excluding carboxylic acids is 1. The second kappa shape index (κ2) is 12.0. The molecule has 11 heteroatoms. The Bertz CT molecular complexity index is 1330. The average molecular weight is 550 g/mol. The summed E-state index contributed by atoms with van der Waals surface area (Å²) in [5.41, 5.74) is 0.415. The molecule has 0 radical (unpaired) electrons. The number of thiophene rings is 1. The standard InChI is InChI=1S/C25H28ClN3O5S2/c1-18(2)14-28(36(33,34)22-11-12-23(26)24(13-22)29(31)32)17-25(30)27(15-20-7-5-4-6-8-20)16-21-10-9-19(3)35-21/h4-13,18H,14-17H2,1-3H3. The van der Waals surface area contributed by atoms with Crippen LogP contribution in [0.25, 0.3) is 0 Å². The molecule has 0 spiro atoms. The Hall–Kier alpha value is -2.79. The van der Waals surface area contributed by atoms with Gasteiger partial charge in [0.25, 0.3) is 5.69 Å². The quantitative estimate of drug-likeness (QED) is 0.232. The Morgan fingerprint density at radius 3 is 2.36 bits per heavy atom. The molecule has 0 unspecified atom stereocenters. The molecule has 0 aliphatic rings. The second-order valence-electron chi connectivity index (χ2n) is 8.81. The fraction of sp³-hybridized carbons (Fsp3) is 0.320. The van der Waals surface area contributed by atoms with E-state index in [1.807, 2.05) is 63.2 Å². The van der Waals surface area contributed by atoms with E-state index in [0.717, 1.165) is 25.7 Å². The minimum atomic E-state index is -4.21. The number of nitro groups is 1. The fourth-order valence-corrected chi connectivity index (χ4v) is 6.31. The van der Waals surface area contributed by atoms with Crippen LogP contribution >= 0.6 is 22.9 Å². The number of nitro benzene ring substituents is 1. The molecule has 2 aromatic carbocycles. The number of hydrogen-bond acceptors (Lipinski definition) is 6. The van der Waals surface area contributed by atoms with Gasteiger partial charge in [0.1, 0.15) is 5.02 Å². The lowest BCUT2D eigenvalue weighted by Gasteiger charge is -2.28. The first-order chi connectivity index (χ1) is 17.0. The number of amides is 1. The molecule has 36 heavy (non-hydrogen) atoms. The maximum absolute atomic E-state index is 13.6. The summed E-state index contributed by atoms with van der Waals surface area (Å²) in [5, 5.41) is 11.2. The average Bonchev–Trinajstić information content (AvgIpc) is 3.23. The summed E-state index contributed by atoms with van der Waals surface area (Å²) in [4.78, 5) is 27.6. The van der Waals surface area contributed by atoms with Crippen molar-refractivity contribution in [1.82, 2.24) is 9.21 Å². The first kappa shape index (κ1) is 27.8. The third-order valence-corrected chi connectivity index (χ3v) is 8.46. The molecular weight excluding hydrogens is 522 g/mol. The summed E-state index contributed by atoms with van der Waals surface area (Å²) in [6.45, 7) is 6.00. The molecule has 0 saturated carbocycles. The molecule has 0 aliphatic heterocycles. The minimum Gasteiger partial charge on any atom is -0.332 e. The normalized spacial score (nSPS) is 11.7. The van der Waals surface area contributed by atoms with Gasteiger partial charge in [0.15, 0.2) is 0 Å². The topological polar surface area (TPSA) is 101 Å². The van der Waals surface area contributed by atoms with E-state index < -0.39 is 27.2 Å². The highest BCUT2D eigenvalue weighted by atomic mass is 35.5. The summed E-state index contributed by atoms with van der Waals surface area (Å²) in [5.74, 6) is -0.449. The maximum Gasteiger partial charge on any atom is 0.289 e. The van der Waals surface area contributed by atoms with Crippen LogP contribution in [0.15, 0.2) is 65.6 Å². The van der Waals surface area contributed by atoms with Gasteiger partial charge in [-0.05, 0) is 42.7 Å². The molecule has 1 heterocycles. The summed E-state index contributed by atoms with van der Waals surface area (Å²) in [6, 6.07) is 16.8. The Morgan fingerprint density at radius 2 is 1.78 bits per heavy atom. The predicted octanol–water partition coefficient (Wildman–Crippen LogP) is 5.49. The highest BCUT2D eigenvalue weighted by Crippen LogP contribution is 2.29. The van der Waals surface area contributed by atoms with E-state index in [2.05, 4.69) is 0 Å². The van der Waals surface area contributed by atoms with Crippen molar-refractivity contribution in [2.75, 3.05) is 13.1 Å². The van der Waals surface area contributed by atoms with Gasteiger partial charge in [0.2, 0.25) is 15.9 Å². The van der Waals surface area contributed by atoms with E-state index in [9.17, 15) is 23.3 Å². The van der Waals surface area contributed by atoms with Crippen LogP contribution in [0.1, 0.15) is 29.2 Å². The molecule has 0 aliphatic carbocycles. The van der Waals surface area contributed by atoms with Gasteiger partial charge in [-0.15, -0.1) is 11.3 Å². The number of benzene rings is 2. The van der Waals surface area contributed by atoms with Gasteiger partial charge in [-0.3, -0.25) is 14.9 Å². The summed E-state index contributed by atoms with van der Waals surface area (Å²) < 4.78 is 28.1. The van der Waals surface area contributed by atoms with Crippen LogP contribution < -0.4 is 0 Å². The minimum absolute atomic E-state index is 0.0712. The highest BCUT2D eigenvalue weighted by molar-refractivity contribution is 7.89. The van der Waals surface area contributed by atoms with Gasteiger partial charge in [0.05, 0.1) is 22.9 Å². The van der Waals surface area contributed by atoms with Crippen molar-refractivity contribution in [3.63, 3.8) is 0 Å². The van der Waals surface area contributed by atoms with E-state index in [1.54, 1.807) is 16.2 Å². The SMILES string of the molecule is Cc1ccc(CN(Cc2ccccc2)C(=O)CN(CC(C)C)S(=O)(=O)c2ccc(Cl)c([N+](=O)[O-])c2)s1. The lowest BCUT2D eigenvalue weighted by atomic mass is 10.2. The number of carbonyl (C=O) groups is 1. The van der Waals surface area contributed by atoms with Crippen molar-refractivity contribution in [3.05, 3.63) is 91.1 Å². The van der Waals surface area contributed by atoms with Crippen molar-refractivity contribution in [2.24, 2.45) is 5.92 Å². The van der Waals surface area contributed by atoms with Gasteiger partial charge < -0.3 is 4.90 Å². The summed E-state index contributed by atoms with van der Waals surface area (Å²) >= 11 is 7.46. The zero-order chi connectivity index (χ0) is 26.5. The number of nitrogens with zero attached hydrogens (tertiary/aromatic N) is 3. The zero-order valence-electron chi connectivity index (χ0n) is 20.3. The predicted molar refractivity (Wildman–Crippen MR) is 141 cm³/mol. The van der Waals surface area contributed by atoms with Crippen LogP contribution in [-0.4, -0.2) is 41.5 Å². The van der Waals surface area contributed by atoms with Gasteiger partial charge in [-0.25, -0.2) is 8.42 Å². The number of rotatable bonds is 11. The third-order valence-electron chi connectivity index (χ3n) is 5.34. The molecule has 0 bridgehead atoms. The Morgan fingerprint density at radius 1 is 1.08 bits per heavy atom. The van der Waals surface area contributed by atoms with E-state index in [0.29, 0.717) is 13.1 Å². The van der Waals surface area contributed by atoms with Gasteiger partial charge >= 0.3 is 0 Å². The van der Waals surface area contributed by atoms with Crippen molar-refractivity contribution in [2.45, 2.75) is 38.8 Å². The van der Waals surface area contributed by atoms with Crippen molar-refractivity contribution in [1.29, 1.82) is 0 Å². The Kier molecular flexibility index (Phi) is 9.24. The van der Waals surface area contributed by atoms with Crippen molar-refractivity contribution >= 4 is 44.6 Å². The van der Waals surface area contributed by atoms with Crippen LogP contribution in [-0.2, 0) is 27.9 Å². The smallest absolute Gasteiger partial charge is 0.289 e. The van der Waals surface area contributed by atoms with E-state index in [-0.39, 0.29) is 28.3 Å².